The number of aliphatic hydroxyl groups is 2. The van der Waals surface area contributed by atoms with Crippen LogP contribution in [0.3, 0.4) is 0 Å². The first-order valence-corrected chi connectivity index (χ1v) is 4.95. The van der Waals surface area contributed by atoms with Crippen LogP contribution in [0.4, 0.5) is 0 Å². The van der Waals surface area contributed by atoms with E-state index in [2.05, 4.69) is 12.1 Å². The van der Waals surface area contributed by atoms with Gasteiger partial charge in [-0.25, -0.2) is 0 Å². The number of rotatable bonds is 1. The van der Waals surface area contributed by atoms with Crippen LogP contribution in [0.2, 0.25) is 0 Å². The number of benzene rings is 1. The highest BCUT2D eigenvalue weighted by Crippen LogP contribution is 2.45. The van der Waals surface area contributed by atoms with Gasteiger partial charge in [-0.3, -0.25) is 0 Å². The van der Waals surface area contributed by atoms with Gasteiger partial charge in [0.25, 0.3) is 0 Å². The fourth-order valence-corrected chi connectivity index (χ4v) is 2.18. The van der Waals surface area contributed by atoms with Gasteiger partial charge >= 0.3 is 0 Å². The lowest BCUT2D eigenvalue weighted by atomic mass is 9.86. The van der Waals surface area contributed by atoms with Gasteiger partial charge < -0.3 is 10.2 Å². The Balaban J connectivity index is 2.46. The zero-order valence-electron chi connectivity index (χ0n) is 8.62. The largest absolute Gasteiger partial charge is 0.396 e. The molecule has 76 valence electrons. The van der Waals surface area contributed by atoms with Crippen LogP contribution < -0.4 is 0 Å². The van der Waals surface area contributed by atoms with Gasteiger partial charge in [-0.05, 0) is 24.5 Å². The zero-order chi connectivity index (χ0) is 10.3. The molecular weight excluding hydrogens is 176 g/mol. The average Bonchev–Trinajstić information content (AvgIpc) is 2.42. The number of hydrogen-bond acceptors (Lipinski definition) is 2. The van der Waals surface area contributed by atoms with Crippen molar-refractivity contribution in [3.63, 3.8) is 0 Å². The van der Waals surface area contributed by atoms with Gasteiger partial charge in [0.15, 0.2) is 0 Å². The molecule has 0 fully saturated rings. The van der Waals surface area contributed by atoms with Crippen molar-refractivity contribution in [1.82, 2.24) is 0 Å². The molecule has 1 aromatic carbocycles. The lowest BCUT2D eigenvalue weighted by molar-refractivity contribution is 0.00781. The third-order valence-corrected chi connectivity index (χ3v) is 3.21. The summed E-state index contributed by atoms with van der Waals surface area (Å²) in [7, 11) is 0. The molecule has 14 heavy (non-hydrogen) atoms. The lowest BCUT2D eigenvalue weighted by Gasteiger charge is -2.25. The van der Waals surface area contributed by atoms with Gasteiger partial charge in [-0.15, -0.1) is 0 Å². The summed E-state index contributed by atoms with van der Waals surface area (Å²) in [6.45, 7) is 3.97. The molecule has 0 amide bonds. The molecule has 2 nitrogen and oxygen atoms in total. The van der Waals surface area contributed by atoms with E-state index >= 15 is 0 Å². The Kier molecular flexibility index (Phi) is 2.13. The van der Waals surface area contributed by atoms with Gasteiger partial charge in [-0.2, -0.15) is 0 Å². The van der Waals surface area contributed by atoms with Crippen molar-refractivity contribution < 1.29 is 10.2 Å². The number of fused-ring (bicyclic) bond motifs is 1. The molecule has 0 unspecified atom stereocenters. The fourth-order valence-electron chi connectivity index (χ4n) is 2.18. The number of aliphatic hydroxyl groups excluding tert-OH is 2. The van der Waals surface area contributed by atoms with Crippen molar-refractivity contribution in [2.45, 2.75) is 26.4 Å². The van der Waals surface area contributed by atoms with E-state index in [0.717, 1.165) is 17.5 Å². The normalized spacial score (nSPS) is 30.4. The van der Waals surface area contributed by atoms with E-state index in [0.29, 0.717) is 0 Å². The van der Waals surface area contributed by atoms with Crippen molar-refractivity contribution in [2.24, 2.45) is 5.41 Å². The van der Waals surface area contributed by atoms with Gasteiger partial charge in [0.2, 0.25) is 0 Å². The predicted octanol–water partition coefficient (Wildman–Crippen LogP) is 1.58. The van der Waals surface area contributed by atoms with Crippen molar-refractivity contribution in [3.8, 4) is 0 Å². The van der Waals surface area contributed by atoms with Gasteiger partial charge in [0.1, 0.15) is 0 Å². The molecule has 0 bridgehead atoms. The quantitative estimate of drug-likeness (QED) is 0.709. The maximum atomic E-state index is 10.1. The molecule has 0 spiro atoms. The molecule has 2 rings (SSSR count). The summed E-state index contributed by atoms with van der Waals surface area (Å²) in [6, 6.07) is 6.12. The van der Waals surface area contributed by atoms with Crippen LogP contribution in [0.25, 0.3) is 0 Å². The van der Waals surface area contributed by atoms with Gasteiger partial charge in [-0.1, -0.05) is 30.7 Å². The molecule has 1 aliphatic rings. The molecule has 0 saturated heterocycles. The standard InChI is InChI=1S/C12H16O2/c1-8-3-4-9-6-12(2,7-13)11(14)10(9)5-8/h3-5,11,13-14H,6-7H2,1-2H3/t11-,12-/m1/s1. The van der Waals surface area contributed by atoms with Crippen LogP contribution in [0.5, 0.6) is 0 Å². The number of hydrogen-bond donors (Lipinski definition) is 2. The summed E-state index contributed by atoms with van der Waals surface area (Å²) >= 11 is 0. The van der Waals surface area contributed by atoms with Crippen LogP contribution in [-0.2, 0) is 6.42 Å². The van der Waals surface area contributed by atoms with E-state index in [1.54, 1.807) is 0 Å². The van der Waals surface area contributed by atoms with Crippen molar-refractivity contribution in [1.29, 1.82) is 0 Å². The van der Waals surface area contributed by atoms with Crippen molar-refractivity contribution in [2.75, 3.05) is 6.61 Å². The summed E-state index contributed by atoms with van der Waals surface area (Å²) in [5, 5.41) is 19.3. The Morgan fingerprint density at radius 1 is 1.50 bits per heavy atom. The second-order valence-corrected chi connectivity index (χ2v) is 4.59. The van der Waals surface area contributed by atoms with E-state index in [9.17, 15) is 10.2 Å². The number of aryl methyl sites for hydroxylation is 1. The Morgan fingerprint density at radius 2 is 2.21 bits per heavy atom. The highest BCUT2D eigenvalue weighted by Gasteiger charge is 2.40. The van der Waals surface area contributed by atoms with E-state index in [-0.39, 0.29) is 6.61 Å². The minimum absolute atomic E-state index is 0.0297. The maximum Gasteiger partial charge on any atom is 0.0871 e. The molecule has 2 atom stereocenters. The monoisotopic (exact) mass is 192 g/mol. The van der Waals surface area contributed by atoms with Crippen LogP contribution in [0.15, 0.2) is 18.2 Å². The van der Waals surface area contributed by atoms with Crippen molar-refractivity contribution >= 4 is 0 Å². The van der Waals surface area contributed by atoms with E-state index in [1.165, 1.54) is 5.56 Å². The second-order valence-electron chi connectivity index (χ2n) is 4.59. The molecule has 0 aliphatic heterocycles. The molecule has 1 aliphatic carbocycles. The molecule has 2 N–H and O–H groups in total. The summed E-state index contributed by atoms with van der Waals surface area (Å²) in [5.74, 6) is 0. The summed E-state index contributed by atoms with van der Waals surface area (Å²) in [5.41, 5.74) is 2.92. The lowest BCUT2D eigenvalue weighted by Crippen LogP contribution is -2.26. The smallest absolute Gasteiger partial charge is 0.0871 e. The molecule has 0 radical (unpaired) electrons. The Bertz CT molecular complexity index is 359. The SMILES string of the molecule is Cc1ccc2c(c1)[C@@H](O)[C@@](C)(CO)C2. The second kappa shape index (κ2) is 3.07. The van der Waals surface area contributed by atoms with Crippen LogP contribution >= 0.6 is 0 Å². The third kappa shape index (κ3) is 1.26. The molecular formula is C12H16O2. The summed E-state index contributed by atoms with van der Waals surface area (Å²) in [4.78, 5) is 0. The Labute approximate surface area is 84.2 Å². The Hall–Kier alpha value is -0.860. The molecule has 0 heterocycles. The van der Waals surface area contributed by atoms with Gasteiger partial charge in [0.05, 0.1) is 12.7 Å². The van der Waals surface area contributed by atoms with Crippen LogP contribution in [-0.4, -0.2) is 16.8 Å². The van der Waals surface area contributed by atoms with Crippen LogP contribution in [0, 0.1) is 12.3 Å². The third-order valence-electron chi connectivity index (χ3n) is 3.21. The first-order chi connectivity index (χ1) is 6.57. The highest BCUT2D eigenvalue weighted by molar-refractivity contribution is 5.39. The van der Waals surface area contributed by atoms with E-state index < -0.39 is 11.5 Å². The molecule has 1 aromatic rings. The van der Waals surface area contributed by atoms with E-state index in [1.807, 2.05) is 19.9 Å². The molecule has 0 saturated carbocycles. The summed E-state index contributed by atoms with van der Waals surface area (Å²) < 4.78 is 0. The first kappa shape index (κ1) is 9.69. The van der Waals surface area contributed by atoms with Gasteiger partial charge in [0, 0.05) is 5.41 Å². The molecule has 0 aromatic heterocycles. The fraction of sp³-hybridized carbons (Fsp3) is 0.500. The minimum atomic E-state index is -0.526. The highest BCUT2D eigenvalue weighted by atomic mass is 16.3. The first-order valence-electron chi connectivity index (χ1n) is 4.95. The van der Waals surface area contributed by atoms with Crippen LogP contribution in [0.1, 0.15) is 29.7 Å². The Morgan fingerprint density at radius 3 is 2.86 bits per heavy atom. The topological polar surface area (TPSA) is 40.5 Å². The maximum absolute atomic E-state index is 10.1. The molecule has 2 heteroatoms. The zero-order valence-corrected chi connectivity index (χ0v) is 8.62. The van der Waals surface area contributed by atoms with E-state index in [4.69, 9.17) is 0 Å². The predicted molar refractivity (Wildman–Crippen MR) is 55.0 cm³/mol. The minimum Gasteiger partial charge on any atom is -0.396 e. The van der Waals surface area contributed by atoms with Crippen molar-refractivity contribution in [3.05, 3.63) is 34.9 Å². The summed E-state index contributed by atoms with van der Waals surface area (Å²) in [6.07, 6.45) is 0.239. The average molecular weight is 192 g/mol.